The van der Waals surface area contributed by atoms with E-state index in [1.54, 1.807) is 51.1 Å². The molecule has 1 aromatic carbocycles. The lowest BCUT2D eigenvalue weighted by Gasteiger charge is -2.31. The SMILES string of the molecule is CC=C(NC(=O)C(CCO)NC(=O)CC(N)CCCCC)C(=O)N1CC(O)CC1C(=O)NC(CCO)C(=O)NC(Cc1ccccc1)C(=O)NC(CC(C)C)C(=O)NC(C(=O)NC(C(=O)NC(CC(C)C)C(=O)NCC(C(=O)O)C(C)CC)C(C)CC)C(C)CC. The zero-order valence-electron chi connectivity index (χ0n) is 55.7. The van der Waals surface area contributed by atoms with E-state index < -0.39 is 156 Å². The normalized spacial score (nSPS) is 18.1. The molecule has 15 N–H and O–H groups in total. The Morgan fingerprint density at radius 1 is 0.604 bits per heavy atom. The Morgan fingerprint density at radius 3 is 1.62 bits per heavy atom. The van der Waals surface area contributed by atoms with Crippen LogP contribution in [-0.2, 0) is 59.2 Å². The van der Waals surface area contributed by atoms with E-state index in [1.807, 2.05) is 55.4 Å². The predicted molar refractivity (Wildman–Crippen MR) is 343 cm³/mol. The molecule has 26 nitrogen and oxygen atoms in total. The lowest BCUT2D eigenvalue weighted by Crippen LogP contribution is -2.62. The Labute approximate surface area is 537 Å². The molecule has 91 heavy (non-hydrogen) atoms. The Hall–Kier alpha value is -7.03. The van der Waals surface area contributed by atoms with Crippen LogP contribution in [0.3, 0.4) is 0 Å². The van der Waals surface area contributed by atoms with Gasteiger partial charge in [-0.2, -0.15) is 0 Å². The molecular weight excluding hydrogens is 1170 g/mol. The molecule has 1 aromatic rings. The predicted octanol–water partition coefficient (Wildman–Crippen LogP) is 1.71. The van der Waals surface area contributed by atoms with Crippen LogP contribution >= 0.6 is 0 Å². The van der Waals surface area contributed by atoms with Gasteiger partial charge < -0.3 is 78.9 Å². The van der Waals surface area contributed by atoms with Crippen molar-refractivity contribution < 1.29 is 73.2 Å². The second kappa shape index (κ2) is 41.5. The molecule has 1 aliphatic rings. The first-order valence-electron chi connectivity index (χ1n) is 32.6. The summed E-state index contributed by atoms with van der Waals surface area (Å²) in [5.74, 6) is -11.1. The third-order valence-corrected chi connectivity index (χ3v) is 16.7. The van der Waals surface area contributed by atoms with Crippen LogP contribution in [0, 0.1) is 35.5 Å². The first-order chi connectivity index (χ1) is 43.0. The van der Waals surface area contributed by atoms with Crippen LogP contribution < -0.4 is 53.6 Å². The highest BCUT2D eigenvalue weighted by molar-refractivity contribution is 6.02. The number of unbranched alkanes of at least 4 members (excludes halogenated alkanes) is 2. The Morgan fingerprint density at radius 2 is 1.10 bits per heavy atom. The van der Waals surface area contributed by atoms with Crippen molar-refractivity contribution in [3.05, 3.63) is 47.7 Å². The number of nitrogens with zero attached hydrogens (tertiary/aromatic N) is 1. The maximum absolute atomic E-state index is 14.7. The van der Waals surface area contributed by atoms with Crippen LogP contribution in [0.4, 0.5) is 0 Å². The molecular formula is C65H109N11O15. The number of nitrogens with two attached hydrogens (primary N) is 1. The number of benzene rings is 1. The topological polar surface area (TPSA) is 406 Å². The summed E-state index contributed by atoms with van der Waals surface area (Å²) in [4.78, 5) is 154. The molecule has 514 valence electrons. The van der Waals surface area contributed by atoms with Gasteiger partial charge in [-0.25, -0.2) is 0 Å². The quantitative estimate of drug-likeness (QED) is 0.0327. The summed E-state index contributed by atoms with van der Waals surface area (Å²) in [7, 11) is 0. The first kappa shape index (κ1) is 80.1. The number of hydrogen-bond donors (Lipinski definition) is 14. The van der Waals surface area contributed by atoms with Gasteiger partial charge in [-0.15, -0.1) is 0 Å². The van der Waals surface area contributed by atoms with Crippen LogP contribution in [0.2, 0.25) is 0 Å². The highest BCUT2D eigenvalue weighted by atomic mass is 16.4. The minimum atomic E-state index is -1.53. The van der Waals surface area contributed by atoms with Gasteiger partial charge in [0.2, 0.25) is 53.2 Å². The summed E-state index contributed by atoms with van der Waals surface area (Å²) in [6.45, 7) is 19.9. The number of aliphatic hydroxyl groups excluding tert-OH is 3. The van der Waals surface area contributed by atoms with Crippen molar-refractivity contribution >= 4 is 65.0 Å². The van der Waals surface area contributed by atoms with Crippen molar-refractivity contribution in [2.24, 2.45) is 41.2 Å². The van der Waals surface area contributed by atoms with Gasteiger partial charge in [0.1, 0.15) is 54.0 Å². The Kier molecular flexibility index (Phi) is 36.5. The van der Waals surface area contributed by atoms with Crippen LogP contribution in [0.15, 0.2) is 42.1 Å². The number of aliphatic hydroxyl groups is 3. The van der Waals surface area contributed by atoms with Gasteiger partial charge in [-0.1, -0.05) is 151 Å². The standard InChI is InChI=1S/C65H109N11O15/c1-13-18-20-25-43(66)33-53(80)68-47(26-28-77)57(82)69-46(17-5)64(89)76-36-44(79)34-52(76)61(86)70-48(27-29-78)58(83)72-51(32-42-23-21-19-22-24-42)59(84)71-50(31-38(8)9)60(85)74-55(41(12)16-4)63(88)75-54(40(11)15-3)62(87)73-49(30-37(6)7)56(81)67-35-45(65(90)91)39(10)14-2/h17,19,21-24,37-41,43-45,47-52,54-55,77-79H,13-16,18,20,25-36,66H2,1-12H3,(H,67,81)(H,68,80)(H,69,82)(H,70,86)(H,71,84)(H,72,83)(H,73,87)(H,74,85)(H,75,88)(H,90,91). The van der Waals surface area contributed by atoms with Crippen LogP contribution in [0.5, 0.6) is 0 Å². The van der Waals surface area contributed by atoms with Crippen molar-refractivity contribution in [3.63, 3.8) is 0 Å². The third-order valence-electron chi connectivity index (χ3n) is 16.7. The lowest BCUT2D eigenvalue weighted by atomic mass is 9.91. The number of aliphatic carboxylic acids is 1. The molecule has 0 saturated carbocycles. The number of carbonyl (C=O) groups is 11. The average molecular weight is 1280 g/mol. The number of carbonyl (C=O) groups excluding carboxylic acids is 10. The van der Waals surface area contributed by atoms with Gasteiger partial charge in [0.15, 0.2) is 0 Å². The van der Waals surface area contributed by atoms with Crippen LogP contribution in [0.25, 0.3) is 0 Å². The molecule has 14 atom stereocenters. The molecule has 0 spiro atoms. The minimum absolute atomic E-state index is 0.0543. The van der Waals surface area contributed by atoms with Gasteiger partial charge in [0.05, 0.1) is 12.0 Å². The molecule has 1 fully saturated rings. The summed E-state index contributed by atoms with van der Waals surface area (Å²) < 4.78 is 0. The molecule has 1 saturated heterocycles. The van der Waals surface area contributed by atoms with E-state index in [4.69, 9.17) is 5.73 Å². The summed E-state index contributed by atoms with van der Waals surface area (Å²) in [5.41, 5.74) is 6.41. The summed E-state index contributed by atoms with van der Waals surface area (Å²) in [6.07, 6.45) is 3.91. The fraction of sp³-hybridized carbons (Fsp3) is 0.708. The lowest BCUT2D eigenvalue weighted by molar-refractivity contribution is -0.144. The maximum atomic E-state index is 14.7. The molecule has 0 aromatic heterocycles. The Balaban J connectivity index is 2.43. The van der Waals surface area contributed by atoms with E-state index in [2.05, 4.69) is 47.9 Å². The molecule has 0 radical (unpaired) electrons. The zero-order valence-corrected chi connectivity index (χ0v) is 55.7. The number of carboxylic acid groups (broad SMARTS) is 1. The van der Waals surface area contributed by atoms with Gasteiger partial charge in [-0.3, -0.25) is 52.7 Å². The highest BCUT2D eigenvalue weighted by Gasteiger charge is 2.43. The van der Waals surface area contributed by atoms with Crippen LogP contribution in [0.1, 0.15) is 172 Å². The number of carboxylic acids is 1. The fourth-order valence-electron chi connectivity index (χ4n) is 10.5. The largest absolute Gasteiger partial charge is 0.481 e. The minimum Gasteiger partial charge on any atom is -0.481 e. The number of β-amino-alcohol motifs (C(OH)–C–C–N with tert-alkyl or cyclic N) is 1. The number of nitrogens with one attached hydrogen (secondary N) is 9. The van der Waals surface area contributed by atoms with E-state index in [0.717, 1.165) is 24.2 Å². The van der Waals surface area contributed by atoms with Crippen LogP contribution in [-0.4, -0.2) is 177 Å². The monoisotopic (exact) mass is 1280 g/mol. The van der Waals surface area contributed by atoms with E-state index in [1.165, 1.54) is 13.0 Å². The van der Waals surface area contributed by atoms with Gasteiger partial charge in [0.25, 0.3) is 5.91 Å². The van der Waals surface area contributed by atoms with Crippen molar-refractivity contribution in [1.82, 2.24) is 52.8 Å². The van der Waals surface area contributed by atoms with Gasteiger partial charge in [-0.05, 0) is 74.2 Å². The summed E-state index contributed by atoms with van der Waals surface area (Å²) >= 11 is 0. The average Bonchev–Trinajstić information content (AvgIpc) is 2.16. The smallest absolute Gasteiger partial charge is 0.308 e. The molecule has 0 bridgehead atoms. The molecule has 1 aliphatic heterocycles. The summed E-state index contributed by atoms with van der Waals surface area (Å²) in [5, 5.41) is 64.8. The van der Waals surface area contributed by atoms with Crippen molar-refractivity contribution in [1.29, 1.82) is 0 Å². The van der Waals surface area contributed by atoms with E-state index in [0.29, 0.717) is 31.2 Å². The highest BCUT2D eigenvalue weighted by Crippen LogP contribution is 2.22. The number of hydrogen-bond acceptors (Lipinski definition) is 15. The molecule has 26 heteroatoms. The van der Waals surface area contributed by atoms with Crippen molar-refractivity contribution in [2.75, 3.05) is 26.3 Å². The van der Waals surface area contributed by atoms with Gasteiger partial charge >= 0.3 is 5.97 Å². The summed E-state index contributed by atoms with van der Waals surface area (Å²) in [6, 6.07) is -2.31. The maximum Gasteiger partial charge on any atom is 0.308 e. The van der Waals surface area contributed by atoms with E-state index in [-0.39, 0.29) is 81.5 Å². The molecule has 10 amide bonds. The number of rotatable bonds is 42. The zero-order chi connectivity index (χ0) is 68.7. The number of amides is 10. The van der Waals surface area contributed by atoms with E-state index >= 15 is 0 Å². The number of allylic oxidation sites excluding steroid dienone is 1. The first-order valence-corrected chi connectivity index (χ1v) is 32.6. The van der Waals surface area contributed by atoms with Crippen molar-refractivity contribution in [2.45, 2.75) is 233 Å². The second-order valence-corrected chi connectivity index (χ2v) is 25.2. The van der Waals surface area contributed by atoms with E-state index in [9.17, 15) is 73.2 Å². The fourth-order valence-corrected chi connectivity index (χ4v) is 10.5. The third kappa shape index (κ3) is 27.4. The molecule has 0 aliphatic carbocycles. The number of likely N-dealkylation sites (tertiary alicyclic amines) is 1. The molecule has 1 heterocycles. The molecule has 2 rings (SSSR count). The molecule has 14 unspecified atom stereocenters. The van der Waals surface area contributed by atoms with Crippen molar-refractivity contribution in [3.8, 4) is 0 Å². The van der Waals surface area contributed by atoms with Gasteiger partial charge in [0, 0.05) is 51.6 Å². The second-order valence-electron chi connectivity index (χ2n) is 25.2. The Bertz CT molecular complexity index is 2550.